The predicted molar refractivity (Wildman–Crippen MR) is 139 cm³/mol. The number of carbonyl (C=O) groups is 2. The highest BCUT2D eigenvalue weighted by atomic mass is 19.1. The van der Waals surface area contributed by atoms with Crippen LogP contribution in [0.2, 0.25) is 0 Å². The summed E-state index contributed by atoms with van der Waals surface area (Å²) in [6.45, 7) is 3.85. The number of anilines is 1. The molecular formula is C28H28F2N6O2. The summed E-state index contributed by atoms with van der Waals surface area (Å²) in [5.41, 5.74) is 11.1. The van der Waals surface area contributed by atoms with E-state index in [0.29, 0.717) is 41.6 Å². The molecule has 0 saturated heterocycles. The van der Waals surface area contributed by atoms with Gasteiger partial charge in [-0.2, -0.15) is 10.2 Å². The molecular weight excluding hydrogens is 490 g/mol. The summed E-state index contributed by atoms with van der Waals surface area (Å²) in [6.07, 6.45) is 2.98. The van der Waals surface area contributed by atoms with Crippen molar-refractivity contribution in [3.8, 4) is 11.1 Å². The van der Waals surface area contributed by atoms with Gasteiger partial charge in [-0.3, -0.25) is 19.4 Å². The Kier molecular flexibility index (Phi) is 6.56. The van der Waals surface area contributed by atoms with Crippen molar-refractivity contribution in [1.29, 1.82) is 0 Å². The molecule has 1 aliphatic carbocycles. The van der Waals surface area contributed by atoms with E-state index in [2.05, 4.69) is 20.6 Å². The van der Waals surface area contributed by atoms with Crippen LogP contribution in [0.15, 0.2) is 42.6 Å². The van der Waals surface area contributed by atoms with Gasteiger partial charge in [0.1, 0.15) is 17.3 Å². The maximum atomic E-state index is 14.7. The molecule has 2 aromatic carbocycles. The summed E-state index contributed by atoms with van der Waals surface area (Å²) in [5.74, 6) is -4.05. The number of benzene rings is 2. The molecule has 8 nitrogen and oxygen atoms in total. The van der Waals surface area contributed by atoms with Crippen LogP contribution < -0.4 is 11.1 Å². The van der Waals surface area contributed by atoms with Crippen LogP contribution in [-0.2, 0) is 18.3 Å². The van der Waals surface area contributed by atoms with E-state index in [0.717, 1.165) is 28.6 Å². The lowest BCUT2D eigenvalue weighted by atomic mass is 9.72. The summed E-state index contributed by atoms with van der Waals surface area (Å²) >= 11 is 0. The van der Waals surface area contributed by atoms with Crippen LogP contribution >= 0.6 is 0 Å². The molecule has 0 spiro atoms. The van der Waals surface area contributed by atoms with Crippen molar-refractivity contribution in [2.75, 3.05) is 5.32 Å². The van der Waals surface area contributed by atoms with Gasteiger partial charge in [0.2, 0.25) is 5.91 Å². The van der Waals surface area contributed by atoms with Gasteiger partial charge in [0.25, 0.3) is 5.91 Å². The second-order valence-corrected chi connectivity index (χ2v) is 9.74. The molecule has 0 saturated carbocycles. The number of nitrogens with two attached hydrogens (primary N) is 1. The minimum atomic E-state index is -0.954. The predicted octanol–water partition coefficient (Wildman–Crippen LogP) is 4.65. The van der Waals surface area contributed by atoms with E-state index in [4.69, 9.17) is 5.73 Å². The number of rotatable bonds is 6. The summed E-state index contributed by atoms with van der Waals surface area (Å²) in [7, 11) is 1.56. The molecule has 2 atom stereocenters. The van der Waals surface area contributed by atoms with Gasteiger partial charge in [-0.05, 0) is 68.0 Å². The summed E-state index contributed by atoms with van der Waals surface area (Å²) in [6, 6.07) is 9.47. The monoisotopic (exact) mass is 518 g/mol. The van der Waals surface area contributed by atoms with Crippen LogP contribution in [0.4, 0.5) is 14.5 Å². The summed E-state index contributed by atoms with van der Waals surface area (Å²) < 4.78 is 30.3. The van der Waals surface area contributed by atoms with Crippen LogP contribution in [0, 0.1) is 25.5 Å². The minimum Gasteiger partial charge on any atom is -0.364 e. The lowest BCUT2D eigenvalue weighted by Gasteiger charge is -2.32. The summed E-state index contributed by atoms with van der Waals surface area (Å²) in [5, 5.41) is 14.3. The van der Waals surface area contributed by atoms with E-state index in [9.17, 15) is 18.4 Å². The van der Waals surface area contributed by atoms with Crippen molar-refractivity contribution in [2.24, 2.45) is 12.8 Å². The molecule has 2 aromatic heterocycles. The van der Waals surface area contributed by atoms with Crippen molar-refractivity contribution in [3.63, 3.8) is 0 Å². The number of primary amides is 1. The lowest BCUT2D eigenvalue weighted by Crippen LogP contribution is -2.31. The number of nitrogens with zero attached hydrogens (tertiary/aromatic N) is 3. The largest absolute Gasteiger partial charge is 0.364 e. The van der Waals surface area contributed by atoms with Crippen LogP contribution in [-0.4, -0.2) is 31.8 Å². The van der Waals surface area contributed by atoms with Gasteiger partial charge in [-0.15, -0.1) is 0 Å². The molecule has 2 amide bonds. The molecule has 4 N–H and O–H groups in total. The van der Waals surface area contributed by atoms with Crippen LogP contribution in [0.3, 0.4) is 0 Å². The molecule has 5 rings (SSSR count). The fraction of sp³-hybridized carbons (Fsp3) is 0.286. The zero-order valence-corrected chi connectivity index (χ0v) is 21.3. The first kappa shape index (κ1) is 25.3. The highest BCUT2D eigenvalue weighted by Crippen LogP contribution is 2.44. The Balaban J connectivity index is 1.54. The first-order valence-electron chi connectivity index (χ1n) is 12.4. The number of fused-ring (bicyclic) bond motifs is 1. The average Bonchev–Trinajstić information content (AvgIpc) is 3.41. The Morgan fingerprint density at radius 3 is 2.58 bits per heavy atom. The Bertz CT molecular complexity index is 1520. The zero-order valence-electron chi connectivity index (χ0n) is 21.3. The number of halogens is 2. The topological polar surface area (TPSA) is 119 Å². The van der Waals surface area contributed by atoms with Crippen molar-refractivity contribution >= 4 is 17.5 Å². The number of amides is 2. The third kappa shape index (κ3) is 4.46. The van der Waals surface area contributed by atoms with Gasteiger partial charge >= 0.3 is 0 Å². The number of nitrogens with one attached hydrogen (secondary N) is 2. The Hall–Kier alpha value is -4.34. The van der Waals surface area contributed by atoms with E-state index in [1.54, 1.807) is 19.2 Å². The Morgan fingerprint density at radius 1 is 1.18 bits per heavy atom. The highest BCUT2D eigenvalue weighted by Gasteiger charge is 2.38. The third-order valence-electron chi connectivity index (χ3n) is 7.33. The van der Waals surface area contributed by atoms with Gasteiger partial charge in [0.05, 0.1) is 17.8 Å². The fourth-order valence-corrected chi connectivity index (χ4v) is 5.66. The minimum absolute atomic E-state index is 0.0791. The Labute approximate surface area is 218 Å². The number of aryl methyl sites for hydroxylation is 3. The maximum Gasteiger partial charge on any atom is 0.267 e. The molecule has 0 bridgehead atoms. The lowest BCUT2D eigenvalue weighted by molar-refractivity contribution is -0.118. The van der Waals surface area contributed by atoms with E-state index in [1.165, 1.54) is 16.9 Å². The SMILES string of the molecule is Cc1n[nH]c(C)c1-c1ccc(NC(=O)C(c2cnn(C)c2C(N)=O)[C@@H]2CCCc3c(F)cc(F)cc32)cc1. The van der Waals surface area contributed by atoms with Crippen molar-refractivity contribution in [3.05, 3.63) is 88.0 Å². The molecule has 196 valence electrons. The first-order chi connectivity index (χ1) is 18.2. The van der Waals surface area contributed by atoms with E-state index in [1.807, 2.05) is 26.0 Å². The molecule has 1 aliphatic rings. The Morgan fingerprint density at radius 2 is 1.92 bits per heavy atom. The smallest absolute Gasteiger partial charge is 0.267 e. The molecule has 0 radical (unpaired) electrons. The number of aromatic amines is 1. The van der Waals surface area contributed by atoms with Gasteiger partial charge < -0.3 is 11.1 Å². The molecule has 0 fully saturated rings. The van der Waals surface area contributed by atoms with Crippen LogP contribution in [0.5, 0.6) is 0 Å². The number of carbonyl (C=O) groups excluding carboxylic acids is 2. The van der Waals surface area contributed by atoms with Crippen molar-refractivity contribution in [1.82, 2.24) is 20.0 Å². The fourth-order valence-electron chi connectivity index (χ4n) is 5.66. The van der Waals surface area contributed by atoms with Crippen LogP contribution in [0.1, 0.15) is 63.2 Å². The molecule has 1 unspecified atom stereocenters. The first-order valence-corrected chi connectivity index (χ1v) is 12.4. The maximum absolute atomic E-state index is 14.7. The molecule has 4 aromatic rings. The normalized spacial score (nSPS) is 15.7. The zero-order chi connectivity index (χ0) is 27.1. The molecule has 10 heteroatoms. The van der Waals surface area contributed by atoms with Crippen LogP contribution in [0.25, 0.3) is 11.1 Å². The number of hydrogen-bond donors (Lipinski definition) is 3. The average molecular weight is 519 g/mol. The quantitative estimate of drug-likeness (QED) is 0.344. The van der Waals surface area contributed by atoms with Gasteiger partial charge in [-0.1, -0.05) is 12.1 Å². The van der Waals surface area contributed by atoms with Crippen molar-refractivity contribution < 1.29 is 18.4 Å². The molecule has 2 heterocycles. The van der Waals surface area contributed by atoms with E-state index < -0.39 is 35.3 Å². The number of hydrogen-bond acceptors (Lipinski definition) is 4. The third-order valence-corrected chi connectivity index (χ3v) is 7.33. The molecule has 0 aliphatic heterocycles. The van der Waals surface area contributed by atoms with Crippen molar-refractivity contribution in [2.45, 2.75) is 44.9 Å². The van der Waals surface area contributed by atoms with E-state index in [-0.39, 0.29) is 5.69 Å². The van der Waals surface area contributed by atoms with Gasteiger partial charge in [0, 0.05) is 41.5 Å². The molecule has 38 heavy (non-hydrogen) atoms. The van der Waals surface area contributed by atoms with E-state index >= 15 is 0 Å². The standard InChI is InChI=1S/C28H28F2N6O2/c1-14-24(15(2)35-34-14)16-7-9-18(10-8-16)33-28(38)25(22-13-32-36(3)26(22)27(31)37)20-6-4-5-19-21(20)11-17(29)12-23(19)30/h7-13,20,25H,4-6H2,1-3H3,(H2,31,37)(H,33,38)(H,34,35)/t20-,25?/m1/s1. The summed E-state index contributed by atoms with van der Waals surface area (Å²) in [4.78, 5) is 26.2. The number of H-pyrrole nitrogens is 1. The highest BCUT2D eigenvalue weighted by molar-refractivity contribution is 6.00. The van der Waals surface area contributed by atoms with Gasteiger partial charge in [0.15, 0.2) is 0 Å². The second-order valence-electron chi connectivity index (χ2n) is 9.74. The van der Waals surface area contributed by atoms with Gasteiger partial charge in [-0.25, -0.2) is 8.78 Å². The second kappa shape index (κ2) is 9.85. The number of aromatic nitrogens is 4.